The van der Waals surface area contributed by atoms with Gasteiger partial charge in [0.1, 0.15) is 17.2 Å². The highest BCUT2D eigenvalue weighted by atomic mass is 32.1. The first kappa shape index (κ1) is 19.9. The lowest BCUT2D eigenvalue weighted by Gasteiger charge is -2.35. The number of hydrogen-bond donors (Lipinski definition) is 0. The number of rotatable bonds is 4. The summed E-state index contributed by atoms with van der Waals surface area (Å²) in [5.74, 6) is -0.132. The van der Waals surface area contributed by atoms with Gasteiger partial charge in [0.2, 0.25) is 11.8 Å². The number of benzene rings is 1. The second kappa shape index (κ2) is 7.88. The van der Waals surface area contributed by atoms with E-state index < -0.39 is 0 Å². The van der Waals surface area contributed by atoms with Crippen LogP contribution in [-0.4, -0.2) is 57.3 Å². The standard InChI is InChI=1S/C22H21FN4O3S/c23-16-5-3-14(4-6-16)17-12-31-20-19(17)22(30)27(13-24-20)11-18(28)25-7-9-26(10-8-25)21(29)15-1-2-15/h3-6,12-13,15H,1-2,7-11H2. The number of piperazine rings is 1. The number of halogens is 1. The quantitative estimate of drug-likeness (QED) is 0.624. The zero-order chi connectivity index (χ0) is 21.5. The lowest BCUT2D eigenvalue weighted by Crippen LogP contribution is -2.52. The van der Waals surface area contributed by atoms with Gasteiger partial charge >= 0.3 is 0 Å². The Bertz CT molecular complexity index is 1210. The van der Waals surface area contributed by atoms with Gasteiger partial charge in [0.05, 0.1) is 11.7 Å². The number of amides is 2. The molecule has 0 radical (unpaired) electrons. The van der Waals surface area contributed by atoms with E-state index in [1.807, 2.05) is 10.3 Å². The van der Waals surface area contributed by atoms with Crippen LogP contribution in [-0.2, 0) is 16.1 Å². The maximum atomic E-state index is 13.3. The van der Waals surface area contributed by atoms with Crippen molar-refractivity contribution in [2.75, 3.05) is 26.2 Å². The summed E-state index contributed by atoms with van der Waals surface area (Å²) in [5, 5.41) is 2.26. The number of carbonyl (C=O) groups is 2. The highest BCUT2D eigenvalue weighted by molar-refractivity contribution is 7.17. The van der Waals surface area contributed by atoms with Crippen LogP contribution in [0.4, 0.5) is 4.39 Å². The second-order valence-corrected chi connectivity index (χ2v) is 8.85. The first-order valence-electron chi connectivity index (χ1n) is 10.3. The summed E-state index contributed by atoms with van der Waals surface area (Å²) in [4.78, 5) is 46.6. The first-order chi connectivity index (χ1) is 15.0. The number of aromatic nitrogens is 2. The Morgan fingerprint density at radius 1 is 1.06 bits per heavy atom. The summed E-state index contributed by atoms with van der Waals surface area (Å²) in [7, 11) is 0. The highest BCUT2D eigenvalue weighted by Crippen LogP contribution is 2.32. The Kier molecular flexibility index (Phi) is 5.05. The first-order valence-corrected chi connectivity index (χ1v) is 11.2. The minimum atomic E-state index is -0.344. The van der Waals surface area contributed by atoms with Gasteiger partial charge in [-0.05, 0) is 30.5 Å². The fourth-order valence-electron chi connectivity index (χ4n) is 3.93. The van der Waals surface area contributed by atoms with Crippen LogP contribution >= 0.6 is 11.3 Å². The summed E-state index contributed by atoms with van der Waals surface area (Å²) >= 11 is 1.34. The fourth-order valence-corrected chi connectivity index (χ4v) is 4.84. The van der Waals surface area contributed by atoms with Crippen LogP contribution in [0.1, 0.15) is 12.8 Å². The molecule has 0 unspecified atom stereocenters. The van der Waals surface area contributed by atoms with E-state index in [2.05, 4.69) is 4.98 Å². The molecule has 1 aliphatic carbocycles. The van der Waals surface area contributed by atoms with Gasteiger partial charge < -0.3 is 9.80 Å². The van der Waals surface area contributed by atoms with Gasteiger partial charge in [0, 0.05) is 43.0 Å². The predicted molar refractivity (Wildman–Crippen MR) is 115 cm³/mol. The average Bonchev–Trinajstić information content (AvgIpc) is 3.55. The van der Waals surface area contributed by atoms with Gasteiger partial charge in [-0.3, -0.25) is 19.0 Å². The molecule has 0 spiro atoms. The average molecular weight is 441 g/mol. The lowest BCUT2D eigenvalue weighted by atomic mass is 10.1. The smallest absolute Gasteiger partial charge is 0.263 e. The van der Waals surface area contributed by atoms with Crippen LogP contribution < -0.4 is 5.56 Å². The van der Waals surface area contributed by atoms with Crippen LogP contribution in [0.15, 0.2) is 40.8 Å². The molecule has 1 aromatic carbocycles. The van der Waals surface area contributed by atoms with Crippen molar-refractivity contribution in [1.29, 1.82) is 0 Å². The third kappa shape index (κ3) is 3.85. The number of thiophene rings is 1. The zero-order valence-electron chi connectivity index (χ0n) is 16.8. The Morgan fingerprint density at radius 2 is 1.74 bits per heavy atom. The van der Waals surface area contributed by atoms with E-state index in [1.54, 1.807) is 17.0 Å². The summed E-state index contributed by atoms with van der Waals surface area (Å²) < 4.78 is 14.6. The fraction of sp³-hybridized carbons (Fsp3) is 0.364. The van der Waals surface area contributed by atoms with Gasteiger partial charge in [0.15, 0.2) is 0 Å². The molecule has 0 atom stereocenters. The highest BCUT2D eigenvalue weighted by Gasteiger charge is 2.35. The van der Waals surface area contributed by atoms with Gasteiger partial charge in [-0.2, -0.15) is 0 Å². The topological polar surface area (TPSA) is 75.5 Å². The van der Waals surface area contributed by atoms with Crippen molar-refractivity contribution in [3.63, 3.8) is 0 Å². The number of hydrogen-bond acceptors (Lipinski definition) is 5. The molecule has 2 fully saturated rings. The van der Waals surface area contributed by atoms with Crippen molar-refractivity contribution < 1.29 is 14.0 Å². The Hall–Kier alpha value is -3.07. The molecule has 3 aromatic rings. The molecular weight excluding hydrogens is 419 g/mol. The molecule has 9 heteroatoms. The van der Waals surface area contributed by atoms with Crippen molar-refractivity contribution in [2.45, 2.75) is 19.4 Å². The molecule has 0 bridgehead atoms. The van der Waals surface area contributed by atoms with Crippen molar-refractivity contribution in [2.24, 2.45) is 5.92 Å². The zero-order valence-corrected chi connectivity index (χ0v) is 17.6. The molecule has 2 aromatic heterocycles. The van der Waals surface area contributed by atoms with Gasteiger partial charge in [-0.1, -0.05) is 12.1 Å². The van der Waals surface area contributed by atoms with Crippen LogP contribution in [0.3, 0.4) is 0 Å². The Morgan fingerprint density at radius 3 is 2.42 bits per heavy atom. The third-order valence-electron chi connectivity index (χ3n) is 5.89. The van der Waals surface area contributed by atoms with Gasteiger partial charge in [-0.25, -0.2) is 9.37 Å². The number of fused-ring (bicyclic) bond motifs is 1. The van der Waals surface area contributed by atoms with E-state index in [1.165, 1.54) is 34.4 Å². The molecule has 31 heavy (non-hydrogen) atoms. The maximum absolute atomic E-state index is 13.3. The van der Waals surface area contributed by atoms with Crippen LogP contribution in [0, 0.1) is 11.7 Å². The Labute approximate surface area is 181 Å². The largest absolute Gasteiger partial charge is 0.339 e. The molecule has 2 aliphatic rings. The van der Waals surface area contributed by atoms with E-state index in [9.17, 15) is 18.8 Å². The van der Waals surface area contributed by atoms with Crippen LogP contribution in [0.25, 0.3) is 21.3 Å². The van der Waals surface area contributed by atoms with E-state index in [0.29, 0.717) is 42.0 Å². The molecule has 3 heterocycles. The summed E-state index contributed by atoms with van der Waals surface area (Å²) in [6.07, 6.45) is 3.35. The molecular formula is C22H21FN4O3S. The summed E-state index contributed by atoms with van der Waals surface area (Å²) in [5.41, 5.74) is 1.13. The maximum Gasteiger partial charge on any atom is 0.263 e. The van der Waals surface area contributed by atoms with E-state index in [4.69, 9.17) is 0 Å². The minimum Gasteiger partial charge on any atom is -0.339 e. The SMILES string of the molecule is O=C(Cn1cnc2scc(-c3ccc(F)cc3)c2c1=O)N1CCN(C(=O)C2CC2)CC1. The summed E-state index contributed by atoms with van der Waals surface area (Å²) in [6, 6.07) is 5.96. The van der Waals surface area contributed by atoms with Gasteiger partial charge in [-0.15, -0.1) is 11.3 Å². The van der Waals surface area contributed by atoms with Gasteiger partial charge in [0.25, 0.3) is 5.56 Å². The normalized spacial score (nSPS) is 16.7. The molecule has 7 nitrogen and oxygen atoms in total. The molecule has 1 saturated carbocycles. The predicted octanol–water partition coefficient (Wildman–Crippen LogP) is 2.34. The second-order valence-electron chi connectivity index (χ2n) is 7.99. The van der Waals surface area contributed by atoms with Crippen LogP contribution in [0.2, 0.25) is 0 Å². The van der Waals surface area contributed by atoms with Crippen molar-refractivity contribution in [1.82, 2.24) is 19.4 Å². The van der Waals surface area contributed by atoms with E-state index >= 15 is 0 Å². The molecule has 2 amide bonds. The molecule has 1 aliphatic heterocycles. The van der Waals surface area contributed by atoms with Crippen molar-refractivity contribution in [3.05, 3.63) is 52.1 Å². The van der Waals surface area contributed by atoms with Crippen LogP contribution in [0.5, 0.6) is 0 Å². The van der Waals surface area contributed by atoms with Crippen molar-refractivity contribution >= 4 is 33.4 Å². The lowest BCUT2D eigenvalue weighted by molar-refractivity contribution is -0.140. The third-order valence-corrected chi connectivity index (χ3v) is 6.78. The monoisotopic (exact) mass is 440 g/mol. The van der Waals surface area contributed by atoms with Crippen molar-refractivity contribution in [3.8, 4) is 11.1 Å². The number of nitrogens with zero attached hydrogens (tertiary/aromatic N) is 4. The molecule has 160 valence electrons. The van der Waals surface area contributed by atoms with E-state index in [0.717, 1.165) is 18.4 Å². The Balaban J connectivity index is 1.33. The summed E-state index contributed by atoms with van der Waals surface area (Å²) in [6.45, 7) is 1.91. The minimum absolute atomic E-state index is 0.100. The number of carbonyl (C=O) groups excluding carboxylic acids is 2. The molecule has 5 rings (SSSR count). The molecule has 0 N–H and O–H groups in total. The van der Waals surface area contributed by atoms with E-state index in [-0.39, 0.29) is 35.7 Å². The molecule has 1 saturated heterocycles.